The Bertz CT molecular complexity index is 494. The molecule has 0 radical (unpaired) electrons. The molecule has 0 saturated carbocycles. The van der Waals surface area contributed by atoms with Crippen LogP contribution in [0.2, 0.25) is 5.02 Å². The molecule has 1 heterocycles. The Hall–Kier alpha value is -0.940. The van der Waals surface area contributed by atoms with E-state index in [9.17, 15) is 10.1 Å². The van der Waals surface area contributed by atoms with Crippen molar-refractivity contribution in [1.82, 2.24) is 0 Å². The summed E-state index contributed by atoms with van der Waals surface area (Å²) in [6.45, 7) is 4.52. The van der Waals surface area contributed by atoms with Gasteiger partial charge in [-0.3, -0.25) is 10.1 Å². The van der Waals surface area contributed by atoms with Crippen molar-refractivity contribution in [2.24, 2.45) is 5.41 Å². The molecule has 1 aromatic rings. The van der Waals surface area contributed by atoms with Crippen molar-refractivity contribution in [2.45, 2.75) is 26.3 Å². The van der Waals surface area contributed by atoms with Crippen molar-refractivity contribution >= 4 is 34.7 Å². The highest BCUT2D eigenvalue weighted by Gasteiger charge is 2.28. The Morgan fingerprint density at radius 2 is 2.26 bits per heavy atom. The molecule has 1 atom stereocenters. The van der Waals surface area contributed by atoms with Gasteiger partial charge >= 0.3 is 0 Å². The van der Waals surface area contributed by atoms with Crippen molar-refractivity contribution in [3.63, 3.8) is 0 Å². The normalized spacial score (nSPS) is 21.9. The zero-order valence-electron chi connectivity index (χ0n) is 11.0. The quantitative estimate of drug-likeness (QED) is 0.671. The maximum atomic E-state index is 10.7. The van der Waals surface area contributed by atoms with E-state index in [4.69, 9.17) is 11.6 Å². The summed E-state index contributed by atoms with van der Waals surface area (Å²) in [5.41, 5.74) is 1.12. The molecule has 1 aliphatic heterocycles. The van der Waals surface area contributed by atoms with Crippen LogP contribution in [0.5, 0.6) is 0 Å². The van der Waals surface area contributed by atoms with Gasteiger partial charge in [-0.25, -0.2) is 0 Å². The minimum Gasteiger partial charge on any atom is -0.381 e. The predicted octanol–water partition coefficient (Wildman–Crippen LogP) is 4.19. The molecule has 0 aliphatic carbocycles. The number of nitrogens with zero attached hydrogens (tertiary/aromatic N) is 1. The first-order chi connectivity index (χ1) is 8.87. The van der Waals surface area contributed by atoms with Crippen LogP contribution in [0.25, 0.3) is 0 Å². The molecule has 4 nitrogen and oxygen atoms in total. The van der Waals surface area contributed by atoms with E-state index in [-0.39, 0.29) is 10.7 Å². The summed E-state index contributed by atoms with van der Waals surface area (Å²) in [5, 5.41) is 14.3. The highest BCUT2D eigenvalue weighted by molar-refractivity contribution is 7.99. The number of hydrogen-bond donors (Lipinski definition) is 1. The van der Waals surface area contributed by atoms with Crippen LogP contribution in [0.1, 0.15) is 20.3 Å². The van der Waals surface area contributed by atoms with Crippen LogP contribution in [-0.2, 0) is 0 Å². The predicted molar refractivity (Wildman–Crippen MR) is 81.2 cm³/mol. The number of nitro groups is 1. The zero-order chi connectivity index (χ0) is 14.0. The van der Waals surface area contributed by atoms with E-state index in [1.165, 1.54) is 11.8 Å². The van der Waals surface area contributed by atoms with Crippen molar-refractivity contribution in [3.05, 3.63) is 33.3 Å². The average molecular weight is 301 g/mol. The van der Waals surface area contributed by atoms with Gasteiger partial charge in [0.25, 0.3) is 5.69 Å². The molecule has 0 aromatic heterocycles. The van der Waals surface area contributed by atoms with Gasteiger partial charge < -0.3 is 5.32 Å². The second kappa shape index (κ2) is 5.59. The van der Waals surface area contributed by atoms with Crippen LogP contribution in [-0.4, -0.2) is 22.5 Å². The third-order valence-electron chi connectivity index (χ3n) is 3.13. The van der Waals surface area contributed by atoms with Gasteiger partial charge in [0.2, 0.25) is 0 Å². The second-order valence-electron chi connectivity index (χ2n) is 5.65. The fourth-order valence-electron chi connectivity index (χ4n) is 2.34. The number of nitrogens with one attached hydrogen (secondary N) is 1. The van der Waals surface area contributed by atoms with Crippen LogP contribution in [0.4, 0.5) is 11.4 Å². The number of thioether (sulfide) groups is 1. The summed E-state index contributed by atoms with van der Waals surface area (Å²) >= 11 is 7.85. The fourth-order valence-corrected chi connectivity index (χ4v) is 3.86. The van der Waals surface area contributed by atoms with Gasteiger partial charge in [-0.1, -0.05) is 25.4 Å². The lowest BCUT2D eigenvalue weighted by atomic mass is 9.88. The summed E-state index contributed by atoms with van der Waals surface area (Å²) in [5.74, 6) is 2.23. The monoisotopic (exact) mass is 300 g/mol. The molecular weight excluding hydrogens is 284 g/mol. The third kappa shape index (κ3) is 3.76. The molecule has 0 amide bonds. The van der Waals surface area contributed by atoms with Gasteiger partial charge in [0.15, 0.2) is 0 Å². The lowest BCUT2D eigenvalue weighted by Gasteiger charge is -2.35. The van der Waals surface area contributed by atoms with E-state index in [0.29, 0.717) is 11.5 Å². The standard InChI is InChI=1S/C13H17ClN2O2S/c1-13(2)6-10(7-19-8-13)15-9-3-4-12(16(17)18)11(14)5-9/h3-5,10,15H,6-8H2,1-2H3. The SMILES string of the molecule is CC1(C)CSCC(Nc2ccc([N+](=O)[O-])c(Cl)c2)C1. The van der Waals surface area contributed by atoms with Crippen LogP contribution >= 0.6 is 23.4 Å². The Balaban J connectivity index is 2.07. The lowest BCUT2D eigenvalue weighted by molar-refractivity contribution is -0.384. The number of rotatable bonds is 3. The molecule has 1 saturated heterocycles. The summed E-state index contributed by atoms with van der Waals surface area (Å²) < 4.78 is 0. The average Bonchev–Trinajstić information content (AvgIpc) is 2.27. The van der Waals surface area contributed by atoms with E-state index in [1.54, 1.807) is 12.1 Å². The fraction of sp³-hybridized carbons (Fsp3) is 0.538. The molecule has 104 valence electrons. The molecule has 1 unspecified atom stereocenters. The largest absolute Gasteiger partial charge is 0.381 e. The van der Waals surface area contributed by atoms with Gasteiger partial charge in [-0.05, 0) is 29.7 Å². The highest BCUT2D eigenvalue weighted by atomic mass is 35.5. The number of halogens is 1. The van der Waals surface area contributed by atoms with Crippen LogP contribution < -0.4 is 5.32 Å². The molecule has 0 spiro atoms. The lowest BCUT2D eigenvalue weighted by Crippen LogP contribution is -2.35. The summed E-state index contributed by atoms with van der Waals surface area (Å²) in [7, 11) is 0. The molecule has 1 aliphatic rings. The zero-order valence-corrected chi connectivity index (χ0v) is 12.6. The van der Waals surface area contributed by atoms with Gasteiger partial charge in [0, 0.05) is 23.5 Å². The Kier molecular flexibility index (Phi) is 4.26. The maximum absolute atomic E-state index is 10.7. The van der Waals surface area contributed by atoms with Crippen LogP contribution in [0.3, 0.4) is 0 Å². The van der Waals surface area contributed by atoms with Gasteiger partial charge in [-0.15, -0.1) is 0 Å². The Labute approximate surface area is 122 Å². The first kappa shape index (κ1) is 14.5. The summed E-state index contributed by atoms with van der Waals surface area (Å²) in [6.07, 6.45) is 1.09. The number of nitro benzene ring substituents is 1. The highest BCUT2D eigenvalue weighted by Crippen LogP contribution is 2.35. The van der Waals surface area contributed by atoms with Crippen molar-refractivity contribution in [3.8, 4) is 0 Å². The van der Waals surface area contributed by atoms with E-state index in [0.717, 1.165) is 17.9 Å². The first-order valence-corrected chi connectivity index (χ1v) is 7.69. The molecule has 1 aromatic carbocycles. The number of benzene rings is 1. The van der Waals surface area contributed by atoms with Crippen LogP contribution in [0, 0.1) is 15.5 Å². The topological polar surface area (TPSA) is 55.2 Å². The van der Waals surface area contributed by atoms with Crippen molar-refractivity contribution in [2.75, 3.05) is 16.8 Å². The van der Waals surface area contributed by atoms with Gasteiger partial charge in [0.1, 0.15) is 5.02 Å². The minimum atomic E-state index is -0.467. The third-order valence-corrected chi connectivity index (χ3v) is 5.05. The van der Waals surface area contributed by atoms with E-state index < -0.39 is 4.92 Å². The van der Waals surface area contributed by atoms with Crippen LogP contribution in [0.15, 0.2) is 18.2 Å². The van der Waals surface area contributed by atoms with Crippen molar-refractivity contribution in [1.29, 1.82) is 0 Å². The molecule has 0 bridgehead atoms. The minimum absolute atomic E-state index is 0.0504. The van der Waals surface area contributed by atoms with Gasteiger partial charge in [-0.2, -0.15) is 11.8 Å². The molecule has 2 rings (SSSR count). The molecule has 6 heteroatoms. The first-order valence-electron chi connectivity index (χ1n) is 6.16. The smallest absolute Gasteiger partial charge is 0.288 e. The summed E-state index contributed by atoms with van der Waals surface area (Å²) in [6, 6.07) is 5.18. The Morgan fingerprint density at radius 3 is 2.84 bits per heavy atom. The molecule has 1 N–H and O–H groups in total. The van der Waals surface area contributed by atoms with E-state index in [1.807, 2.05) is 11.8 Å². The van der Waals surface area contributed by atoms with E-state index in [2.05, 4.69) is 19.2 Å². The molecule has 19 heavy (non-hydrogen) atoms. The van der Waals surface area contributed by atoms with Gasteiger partial charge in [0.05, 0.1) is 4.92 Å². The molecular formula is C13H17ClN2O2S. The second-order valence-corrected chi connectivity index (χ2v) is 7.09. The Morgan fingerprint density at radius 1 is 1.53 bits per heavy atom. The maximum Gasteiger partial charge on any atom is 0.288 e. The summed E-state index contributed by atoms with van der Waals surface area (Å²) in [4.78, 5) is 10.2. The van der Waals surface area contributed by atoms with Crippen molar-refractivity contribution < 1.29 is 4.92 Å². The van der Waals surface area contributed by atoms with E-state index >= 15 is 0 Å². The number of anilines is 1. The number of hydrogen-bond acceptors (Lipinski definition) is 4. The molecule has 1 fully saturated rings.